The van der Waals surface area contributed by atoms with Crippen LogP contribution in [0.5, 0.6) is 11.5 Å². The average Bonchev–Trinajstić information content (AvgIpc) is 3.51. The number of hydrogen-bond donors (Lipinski definition) is 15. The Bertz CT molecular complexity index is 2510. The Kier molecular flexibility index (Phi) is 32.9. The van der Waals surface area contributed by atoms with Crippen molar-refractivity contribution < 1.29 is 68.1 Å². The molecular formula is C59H94N12O14. The summed E-state index contributed by atoms with van der Waals surface area (Å²) in [6, 6.07) is 1.05. The molecule has 0 saturated carbocycles. The lowest BCUT2D eigenvalue weighted by atomic mass is 9.96. The second kappa shape index (κ2) is 38.2. The van der Waals surface area contributed by atoms with Crippen molar-refractivity contribution in [3.05, 3.63) is 59.7 Å². The normalized spacial score (nSPS) is 14.7. The molecular weight excluding hydrogens is 1100 g/mol. The van der Waals surface area contributed by atoms with E-state index in [0.29, 0.717) is 30.4 Å². The first kappa shape index (κ1) is 73.2. The molecule has 2 aromatic rings. The van der Waals surface area contributed by atoms with Crippen molar-refractivity contribution in [2.75, 3.05) is 26.7 Å². The number of phenolic OH excluding ortho intramolecular Hbond substituents is 2. The van der Waals surface area contributed by atoms with Gasteiger partial charge < -0.3 is 79.5 Å². The van der Waals surface area contributed by atoms with Crippen molar-refractivity contribution in [2.24, 2.45) is 23.5 Å². The molecule has 2 aromatic carbocycles. The number of nitrogens with two attached hydrogens (primary N) is 1. The van der Waals surface area contributed by atoms with Crippen molar-refractivity contribution in [2.45, 2.75) is 187 Å². The van der Waals surface area contributed by atoms with Gasteiger partial charge >= 0.3 is 5.97 Å². The number of unbranched alkanes of at least 4 members (excludes halogenated alkanes) is 1. The second-order valence-corrected chi connectivity index (χ2v) is 22.1. The zero-order valence-electron chi connectivity index (χ0n) is 50.9. The molecule has 0 radical (unpaired) electrons. The SMILES string of the molecule is CCNC(=O)[C@H](Cc1ccc(O)cc1)NC(=O)[C@H](CC(C)C)NC(=O)[C@@H](NC(=O)[C@H](CC)NC(=O)[C@H](CCCCN)NC(=O)[C@H](Cc1ccc(O)cc1)NC(=O)[C@H](CC(C)C)NC(=O)[C@H](CCC(=O)O)NC(=O)CNC(=O)[C@H](C)NC)[C@@H](C)CC. The van der Waals surface area contributed by atoms with Crippen molar-refractivity contribution in [3.8, 4) is 11.5 Å². The van der Waals surface area contributed by atoms with Gasteiger partial charge in [-0.3, -0.25) is 52.7 Å². The number of carboxylic acids is 1. The molecule has 0 aliphatic heterocycles. The summed E-state index contributed by atoms with van der Waals surface area (Å²) in [5.41, 5.74) is 6.94. The van der Waals surface area contributed by atoms with Crippen LogP contribution in [0.3, 0.4) is 0 Å². The highest BCUT2D eigenvalue weighted by Gasteiger charge is 2.36. The highest BCUT2D eigenvalue weighted by Crippen LogP contribution is 2.17. The van der Waals surface area contributed by atoms with Gasteiger partial charge in [0.15, 0.2) is 0 Å². The molecule has 0 bridgehead atoms. The van der Waals surface area contributed by atoms with E-state index in [9.17, 15) is 68.1 Å². The van der Waals surface area contributed by atoms with E-state index < -0.39 is 138 Å². The fourth-order valence-electron chi connectivity index (χ4n) is 8.78. The third kappa shape index (κ3) is 27.2. The third-order valence-corrected chi connectivity index (χ3v) is 14.0. The molecule has 0 spiro atoms. The minimum Gasteiger partial charge on any atom is -0.508 e. The Hall–Kier alpha value is -7.87. The van der Waals surface area contributed by atoms with Gasteiger partial charge in [-0.1, -0.05) is 79.2 Å². The van der Waals surface area contributed by atoms with Crippen molar-refractivity contribution >= 4 is 65.0 Å². The number of nitrogens with one attached hydrogen (secondary N) is 11. The maximum Gasteiger partial charge on any atom is 0.303 e. The van der Waals surface area contributed by atoms with Gasteiger partial charge in [-0.25, -0.2) is 0 Å². The second-order valence-electron chi connectivity index (χ2n) is 22.1. The fourth-order valence-corrected chi connectivity index (χ4v) is 8.78. The lowest BCUT2D eigenvalue weighted by molar-refractivity contribution is -0.138. The monoisotopic (exact) mass is 1190 g/mol. The fraction of sp³-hybridized carbons (Fsp3) is 0.610. The van der Waals surface area contributed by atoms with Crippen LogP contribution >= 0.6 is 0 Å². The van der Waals surface area contributed by atoms with Crippen LogP contribution in [0, 0.1) is 17.8 Å². The number of carbonyl (C=O) groups is 11. The smallest absolute Gasteiger partial charge is 0.303 e. The van der Waals surface area contributed by atoms with Crippen molar-refractivity contribution in [1.29, 1.82) is 0 Å². The highest BCUT2D eigenvalue weighted by molar-refractivity contribution is 5.98. The predicted octanol–water partition coefficient (Wildman–Crippen LogP) is 0.164. The Morgan fingerprint density at radius 3 is 1.34 bits per heavy atom. The van der Waals surface area contributed by atoms with Crippen LogP contribution in [0.1, 0.15) is 131 Å². The Balaban J connectivity index is 2.45. The number of carboxylic acid groups (broad SMARTS) is 1. The van der Waals surface area contributed by atoms with Gasteiger partial charge in [-0.2, -0.15) is 0 Å². The van der Waals surface area contributed by atoms with E-state index in [-0.39, 0.29) is 81.4 Å². The zero-order chi connectivity index (χ0) is 63.9. The Labute approximate surface area is 498 Å². The molecule has 0 aliphatic carbocycles. The first-order valence-electron chi connectivity index (χ1n) is 29.3. The van der Waals surface area contributed by atoms with Gasteiger partial charge in [-0.05, 0) is 126 Å². The number of likely N-dealkylation sites (N-methyl/N-ethyl adjacent to an activating group) is 2. The standard InChI is InChI=1S/C59H94N12O14/c1-11-35(8)50(59(85)70-45(29-34(6)7)57(83)68-46(52(78)62-13-3)30-37-17-21-39(72)22-18-37)71-53(79)41(12-2)65-54(80)42(16-14-15-27-60)66-58(84)47(31-38-19-23-40(73)24-20-38)69-56(82)44(28-33(4)5)67-55(81)43(25-26-49(75)76)64-48(74)32-63-51(77)36(9)61-10/h17-24,33-36,41-47,50,61,72-73H,11-16,25-32,60H2,1-10H3,(H,62,78)(H,63,77)(H,64,74)(H,65,80)(H,66,84)(H,67,81)(H,68,83)(H,69,82)(H,70,85)(H,71,79)(H,75,76)/t35-,36-,41-,42-,43-,44-,45-,46-,47-,50-/m0/s1. The van der Waals surface area contributed by atoms with E-state index in [4.69, 9.17) is 5.73 Å². The van der Waals surface area contributed by atoms with Crippen LogP contribution in [0.15, 0.2) is 48.5 Å². The van der Waals surface area contributed by atoms with E-state index >= 15 is 0 Å². The van der Waals surface area contributed by atoms with E-state index in [0.717, 1.165) is 0 Å². The first-order valence-corrected chi connectivity index (χ1v) is 29.3. The number of carbonyl (C=O) groups excluding carboxylic acids is 10. The number of benzene rings is 2. The third-order valence-electron chi connectivity index (χ3n) is 14.0. The number of phenols is 2. The van der Waals surface area contributed by atoms with Crippen LogP contribution in [-0.4, -0.2) is 161 Å². The minimum absolute atomic E-state index is 0.00330. The Morgan fingerprint density at radius 1 is 0.471 bits per heavy atom. The van der Waals surface area contributed by atoms with Gasteiger partial charge in [0.2, 0.25) is 59.1 Å². The number of rotatable bonds is 39. The molecule has 10 amide bonds. The topological polar surface area (TPSA) is 407 Å². The van der Waals surface area contributed by atoms with Gasteiger partial charge in [-0.15, -0.1) is 0 Å². The lowest BCUT2D eigenvalue weighted by Crippen LogP contribution is -2.61. The van der Waals surface area contributed by atoms with Gasteiger partial charge in [0.25, 0.3) is 0 Å². The van der Waals surface area contributed by atoms with Crippen LogP contribution in [0.25, 0.3) is 0 Å². The molecule has 2 rings (SSSR count). The molecule has 0 aliphatic rings. The van der Waals surface area contributed by atoms with E-state index in [1.165, 1.54) is 36.4 Å². The number of amides is 10. The van der Waals surface area contributed by atoms with Gasteiger partial charge in [0.1, 0.15) is 59.8 Å². The number of hydrogen-bond acceptors (Lipinski definition) is 15. The Morgan fingerprint density at radius 2 is 0.894 bits per heavy atom. The first-order chi connectivity index (χ1) is 40.2. The molecule has 0 unspecified atom stereocenters. The van der Waals surface area contributed by atoms with Crippen LogP contribution in [0.2, 0.25) is 0 Å². The lowest BCUT2D eigenvalue weighted by Gasteiger charge is -2.30. The summed E-state index contributed by atoms with van der Waals surface area (Å²) in [6.45, 7) is 15.7. The summed E-state index contributed by atoms with van der Waals surface area (Å²) in [6.07, 6.45) is 0.335. The molecule has 0 heterocycles. The highest BCUT2D eigenvalue weighted by atomic mass is 16.4. The van der Waals surface area contributed by atoms with Gasteiger partial charge in [0.05, 0.1) is 12.6 Å². The molecule has 0 aromatic heterocycles. The molecule has 26 nitrogen and oxygen atoms in total. The molecule has 26 heteroatoms. The molecule has 474 valence electrons. The predicted molar refractivity (Wildman–Crippen MR) is 318 cm³/mol. The molecule has 0 fully saturated rings. The van der Waals surface area contributed by atoms with E-state index in [1.54, 1.807) is 60.7 Å². The summed E-state index contributed by atoms with van der Waals surface area (Å²) >= 11 is 0. The summed E-state index contributed by atoms with van der Waals surface area (Å²) in [5, 5.41) is 58.7. The van der Waals surface area contributed by atoms with Crippen LogP contribution in [-0.2, 0) is 65.6 Å². The van der Waals surface area contributed by atoms with Crippen LogP contribution < -0.4 is 64.2 Å². The zero-order valence-corrected chi connectivity index (χ0v) is 50.9. The van der Waals surface area contributed by atoms with Crippen molar-refractivity contribution in [1.82, 2.24) is 58.5 Å². The van der Waals surface area contributed by atoms with Gasteiger partial charge in [0, 0.05) is 25.8 Å². The number of aliphatic carboxylic acids is 1. The minimum atomic E-state index is -1.47. The molecule has 0 saturated heterocycles. The molecule has 16 N–H and O–H groups in total. The summed E-state index contributed by atoms with van der Waals surface area (Å²) in [5.74, 6) is -9.45. The van der Waals surface area contributed by atoms with Crippen molar-refractivity contribution in [3.63, 3.8) is 0 Å². The van der Waals surface area contributed by atoms with E-state index in [2.05, 4.69) is 58.5 Å². The maximum atomic E-state index is 14.6. The average molecular weight is 1200 g/mol. The van der Waals surface area contributed by atoms with E-state index in [1.807, 2.05) is 20.8 Å². The van der Waals surface area contributed by atoms with Crippen LogP contribution in [0.4, 0.5) is 0 Å². The summed E-state index contributed by atoms with van der Waals surface area (Å²) in [7, 11) is 1.54. The summed E-state index contributed by atoms with van der Waals surface area (Å²) in [4.78, 5) is 150. The molecule has 10 atom stereocenters. The quantitative estimate of drug-likeness (QED) is 0.0397. The summed E-state index contributed by atoms with van der Waals surface area (Å²) < 4.78 is 0. The number of aromatic hydroxyl groups is 2. The largest absolute Gasteiger partial charge is 0.508 e. The molecule has 85 heavy (non-hydrogen) atoms. The maximum absolute atomic E-state index is 14.6.